The molecule has 0 radical (unpaired) electrons. The number of rotatable bonds is 6. The van der Waals surface area contributed by atoms with Crippen molar-refractivity contribution >= 4 is 11.9 Å². The average molecular weight is 282 g/mol. The van der Waals surface area contributed by atoms with E-state index in [1.807, 2.05) is 0 Å². The minimum Gasteiger partial charge on any atom is -0.465 e. The number of carbonyl (C=O) groups excluding carboxylic acids is 2. The fourth-order valence-corrected chi connectivity index (χ4v) is 1.95. The molecule has 0 amide bonds. The van der Waals surface area contributed by atoms with Crippen molar-refractivity contribution in [2.24, 2.45) is 11.5 Å². The highest BCUT2D eigenvalue weighted by Crippen LogP contribution is 2.22. The van der Waals surface area contributed by atoms with Gasteiger partial charge >= 0.3 is 11.9 Å². The molecule has 2 unspecified atom stereocenters. The van der Waals surface area contributed by atoms with Crippen LogP contribution < -0.4 is 11.5 Å². The topological polar surface area (TPSA) is 105 Å². The number of esters is 2. The maximum atomic E-state index is 11.5. The van der Waals surface area contributed by atoms with Crippen LogP contribution >= 0.6 is 0 Å². The molecule has 0 aromatic rings. The van der Waals surface area contributed by atoms with Gasteiger partial charge in [-0.3, -0.25) is 9.59 Å². The Kier molecular flexibility index (Phi) is 6.41. The first kappa shape index (κ1) is 16.4. The molecule has 0 fully saturated rings. The highest BCUT2D eigenvalue weighted by Gasteiger charge is 2.25. The van der Waals surface area contributed by atoms with Crippen LogP contribution in [-0.2, 0) is 19.1 Å². The van der Waals surface area contributed by atoms with Crippen molar-refractivity contribution in [2.75, 3.05) is 13.2 Å². The Morgan fingerprint density at radius 3 is 1.60 bits per heavy atom. The Bertz CT molecular complexity index is 389. The molecule has 1 aliphatic carbocycles. The van der Waals surface area contributed by atoms with Gasteiger partial charge in [0.25, 0.3) is 0 Å². The predicted molar refractivity (Wildman–Crippen MR) is 74.6 cm³/mol. The number of ether oxygens (including phenoxy) is 2. The Balaban J connectivity index is 2.70. The van der Waals surface area contributed by atoms with E-state index in [0.29, 0.717) is 26.1 Å². The van der Waals surface area contributed by atoms with Gasteiger partial charge in [0.1, 0.15) is 12.1 Å². The van der Waals surface area contributed by atoms with Crippen LogP contribution in [0.1, 0.15) is 26.7 Å². The second-order valence-corrected chi connectivity index (χ2v) is 4.44. The van der Waals surface area contributed by atoms with Crippen molar-refractivity contribution in [3.8, 4) is 0 Å². The van der Waals surface area contributed by atoms with E-state index in [1.165, 1.54) is 0 Å². The lowest BCUT2D eigenvalue weighted by molar-refractivity contribution is -0.144. The summed E-state index contributed by atoms with van der Waals surface area (Å²) in [5, 5.41) is 0. The average Bonchev–Trinajstić information content (AvgIpc) is 2.46. The normalized spacial score (nSPS) is 17.6. The quantitative estimate of drug-likeness (QED) is 0.684. The highest BCUT2D eigenvalue weighted by atomic mass is 16.5. The zero-order valence-electron chi connectivity index (χ0n) is 11.9. The Morgan fingerprint density at radius 1 is 1.00 bits per heavy atom. The lowest BCUT2D eigenvalue weighted by atomic mass is 9.90. The molecule has 6 heteroatoms. The first-order chi connectivity index (χ1) is 9.51. The molecule has 0 spiro atoms. The van der Waals surface area contributed by atoms with E-state index in [0.717, 1.165) is 11.1 Å². The van der Waals surface area contributed by atoms with Gasteiger partial charge in [0.15, 0.2) is 0 Å². The fourth-order valence-electron chi connectivity index (χ4n) is 1.95. The second kappa shape index (κ2) is 7.81. The van der Waals surface area contributed by atoms with E-state index in [9.17, 15) is 9.59 Å². The van der Waals surface area contributed by atoms with Gasteiger partial charge in [0.05, 0.1) is 13.2 Å². The van der Waals surface area contributed by atoms with Crippen LogP contribution in [0.5, 0.6) is 0 Å². The van der Waals surface area contributed by atoms with Crippen molar-refractivity contribution in [3.63, 3.8) is 0 Å². The third-order valence-electron chi connectivity index (χ3n) is 3.09. The van der Waals surface area contributed by atoms with Crippen molar-refractivity contribution in [2.45, 2.75) is 38.8 Å². The summed E-state index contributed by atoms with van der Waals surface area (Å²) in [6.45, 7) is 4.07. The van der Waals surface area contributed by atoms with Crippen LogP contribution in [0.3, 0.4) is 0 Å². The highest BCUT2D eigenvalue weighted by molar-refractivity contribution is 5.81. The maximum Gasteiger partial charge on any atom is 0.327 e. The van der Waals surface area contributed by atoms with E-state index in [1.54, 1.807) is 26.0 Å². The largest absolute Gasteiger partial charge is 0.465 e. The summed E-state index contributed by atoms with van der Waals surface area (Å²) < 4.78 is 9.75. The lowest BCUT2D eigenvalue weighted by Crippen LogP contribution is -2.37. The zero-order chi connectivity index (χ0) is 15.1. The molecule has 0 saturated carbocycles. The summed E-state index contributed by atoms with van der Waals surface area (Å²) in [6.07, 6.45) is 4.64. The van der Waals surface area contributed by atoms with E-state index < -0.39 is 24.0 Å². The minimum atomic E-state index is -0.758. The molecular formula is C14H22N2O4. The van der Waals surface area contributed by atoms with Crippen LogP contribution in [0.15, 0.2) is 23.3 Å². The monoisotopic (exact) mass is 282 g/mol. The van der Waals surface area contributed by atoms with Gasteiger partial charge in [-0.05, 0) is 37.8 Å². The van der Waals surface area contributed by atoms with Gasteiger partial charge in [-0.15, -0.1) is 0 Å². The molecule has 0 heterocycles. The first-order valence-corrected chi connectivity index (χ1v) is 6.75. The van der Waals surface area contributed by atoms with E-state index in [-0.39, 0.29) is 0 Å². The molecule has 0 aliphatic heterocycles. The van der Waals surface area contributed by atoms with Crippen LogP contribution in [0.4, 0.5) is 0 Å². The smallest absolute Gasteiger partial charge is 0.327 e. The number of carbonyl (C=O) groups is 2. The molecule has 0 aromatic heterocycles. The molecule has 2 atom stereocenters. The Hall–Kier alpha value is -1.66. The number of allylic oxidation sites excluding steroid dienone is 2. The third kappa shape index (κ3) is 4.18. The van der Waals surface area contributed by atoms with Crippen LogP contribution in [0.25, 0.3) is 0 Å². The summed E-state index contributed by atoms with van der Waals surface area (Å²) in [7, 11) is 0. The fraction of sp³-hybridized carbons (Fsp3) is 0.571. The van der Waals surface area contributed by atoms with E-state index in [2.05, 4.69) is 0 Å². The van der Waals surface area contributed by atoms with Crippen LogP contribution in [0.2, 0.25) is 0 Å². The van der Waals surface area contributed by atoms with Crippen LogP contribution in [-0.4, -0.2) is 37.2 Å². The minimum absolute atomic E-state index is 0.300. The SMILES string of the molecule is CCOC(=O)C(N)C1=CC=C(C(N)C(=O)OCC)CC1. The Morgan fingerprint density at radius 2 is 1.35 bits per heavy atom. The first-order valence-electron chi connectivity index (χ1n) is 6.75. The molecule has 0 aromatic carbocycles. The summed E-state index contributed by atoms with van der Waals surface area (Å²) in [5.41, 5.74) is 13.2. The van der Waals surface area contributed by atoms with Gasteiger partial charge in [-0.2, -0.15) is 0 Å². The molecule has 4 N–H and O–H groups in total. The lowest BCUT2D eigenvalue weighted by Gasteiger charge is -2.21. The van der Waals surface area contributed by atoms with Gasteiger partial charge in [0, 0.05) is 0 Å². The predicted octanol–water partition coefficient (Wildman–Crippen LogP) is 0.414. The zero-order valence-corrected chi connectivity index (χ0v) is 11.9. The van der Waals surface area contributed by atoms with Crippen LogP contribution in [0, 0.1) is 0 Å². The van der Waals surface area contributed by atoms with Crippen molar-refractivity contribution < 1.29 is 19.1 Å². The van der Waals surface area contributed by atoms with Gasteiger partial charge in [-0.1, -0.05) is 12.2 Å². The molecule has 1 aliphatic rings. The number of hydrogen-bond donors (Lipinski definition) is 2. The summed E-state index contributed by atoms with van der Waals surface area (Å²) in [6, 6.07) is -1.52. The summed E-state index contributed by atoms with van der Waals surface area (Å²) in [5.74, 6) is -0.879. The Labute approximate surface area is 118 Å². The summed E-state index contributed by atoms with van der Waals surface area (Å²) >= 11 is 0. The van der Waals surface area contributed by atoms with Crippen molar-refractivity contribution in [3.05, 3.63) is 23.3 Å². The third-order valence-corrected chi connectivity index (χ3v) is 3.09. The van der Waals surface area contributed by atoms with Gasteiger partial charge < -0.3 is 20.9 Å². The molecule has 112 valence electrons. The molecule has 1 rings (SSSR count). The molecule has 0 saturated heterocycles. The van der Waals surface area contributed by atoms with Crippen molar-refractivity contribution in [1.82, 2.24) is 0 Å². The van der Waals surface area contributed by atoms with Gasteiger partial charge in [-0.25, -0.2) is 0 Å². The standard InChI is InChI=1S/C14H22N2O4/c1-3-19-13(17)11(15)9-5-7-10(8-6-9)12(16)14(18)20-4-2/h5,7,11-12H,3-4,6,8,15-16H2,1-2H3. The number of hydrogen-bond acceptors (Lipinski definition) is 6. The molecule has 6 nitrogen and oxygen atoms in total. The molecule has 20 heavy (non-hydrogen) atoms. The van der Waals surface area contributed by atoms with E-state index >= 15 is 0 Å². The number of nitrogens with two attached hydrogens (primary N) is 2. The maximum absolute atomic E-state index is 11.5. The molecular weight excluding hydrogens is 260 g/mol. The summed E-state index contributed by atoms with van der Waals surface area (Å²) in [4.78, 5) is 23.1. The van der Waals surface area contributed by atoms with Crippen molar-refractivity contribution in [1.29, 1.82) is 0 Å². The second-order valence-electron chi connectivity index (χ2n) is 4.44. The van der Waals surface area contributed by atoms with E-state index in [4.69, 9.17) is 20.9 Å². The molecule has 0 bridgehead atoms. The van der Waals surface area contributed by atoms with Gasteiger partial charge in [0.2, 0.25) is 0 Å².